The van der Waals surface area contributed by atoms with Gasteiger partial charge in [0.15, 0.2) is 5.96 Å². The van der Waals surface area contributed by atoms with Crippen molar-refractivity contribution in [2.45, 2.75) is 51.6 Å². The molecule has 0 aromatic heterocycles. The molecule has 1 rings (SSSR count). The summed E-state index contributed by atoms with van der Waals surface area (Å²) in [6.45, 7) is 8.12. The number of sulfonamides is 1. The SMILES string of the molecule is CCNC(=NCC1CCN(S(=O)(=O)C(F)(F)F)CC1)NCCCOC(C)C. The lowest BCUT2D eigenvalue weighted by Gasteiger charge is -2.30. The summed E-state index contributed by atoms with van der Waals surface area (Å²) >= 11 is 0. The first-order chi connectivity index (χ1) is 12.6. The molecule has 27 heavy (non-hydrogen) atoms. The number of nitrogens with one attached hydrogen (secondary N) is 2. The Bertz CT molecular complexity index is 560. The van der Waals surface area contributed by atoms with Gasteiger partial charge in [-0.3, -0.25) is 4.99 Å². The van der Waals surface area contributed by atoms with Gasteiger partial charge in [0, 0.05) is 39.3 Å². The molecule has 160 valence electrons. The molecule has 0 unspecified atom stereocenters. The van der Waals surface area contributed by atoms with Gasteiger partial charge in [0.05, 0.1) is 6.10 Å². The van der Waals surface area contributed by atoms with Crippen LogP contribution in [-0.4, -0.2) is 69.6 Å². The van der Waals surface area contributed by atoms with Gasteiger partial charge in [-0.25, -0.2) is 8.42 Å². The number of rotatable bonds is 9. The fraction of sp³-hybridized carbons (Fsp3) is 0.938. The lowest BCUT2D eigenvalue weighted by atomic mass is 9.98. The monoisotopic (exact) mass is 416 g/mol. The van der Waals surface area contributed by atoms with Crippen molar-refractivity contribution in [3.05, 3.63) is 0 Å². The van der Waals surface area contributed by atoms with Crippen molar-refractivity contribution in [3.8, 4) is 0 Å². The average molecular weight is 417 g/mol. The second-order valence-corrected chi connectivity index (χ2v) is 8.64. The highest BCUT2D eigenvalue weighted by Crippen LogP contribution is 2.30. The van der Waals surface area contributed by atoms with E-state index in [1.807, 2.05) is 20.8 Å². The minimum absolute atomic E-state index is 0.0596. The van der Waals surface area contributed by atoms with Crippen LogP contribution in [0.1, 0.15) is 40.0 Å². The van der Waals surface area contributed by atoms with Crippen molar-refractivity contribution in [2.24, 2.45) is 10.9 Å². The first-order valence-electron chi connectivity index (χ1n) is 9.28. The molecular formula is C16H31F3N4O3S. The number of aliphatic imine (C=N–C) groups is 1. The molecule has 0 saturated carbocycles. The molecule has 0 atom stereocenters. The zero-order valence-corrected chi connectivity index (χ0v) is 17.0. The Morgan fingerprint density at radius 1 is 1.26 bits per heavy atom. The number of guanidine groups is 1. The fourth-order valence-corrected chi connectivity index (χ4v) is 3.62. The molecule has 1 fully saturated rings. The van der Waals surface area contributed by atoms with E-state index < -0.39 is 15.5 Å². The predicted molar refractivity (Wildman–Crippen MR) is 99.0 cm³/mol. The standard InChI is InChI=1S/C16H31F3N4O3S/c1-4-20-15(21-8-5-11-26-13(2)3)22-12-14-6-9-23(10-7-14)27(24,25)16(17,18)19/h13-14H,4-12H2,1-3H3,(H2,20,21,22). The number of piperidine rings is 1. The van der Waals surface area contributed by atoms with Crippen LogP contribution in [0.4, 0.5) is 13.2 Å². The second kappa shape index (κ2) is 11.1. The summed E-state index contributed by atoms with van der Waals surface area (Å²) in [6, 6.07) is 0. The van der Waals surface area contributed by atoms with E-state index in [4.69, 9.17) is 4.74 Å². The molecule has 0 bridgehead atoms. The van der Waals surface area contributed by atoms with Crippen LogP contribution in [0.2, 0.25) is 0 Å². The van der Waals surface area contributed by atoms with Gasteiger partial charge in [0.25, 0.3) is 0 Å². The Morgan fingerprint density at radius 2 is 1.89 bits per heavy atom. The third-order valence-electron chi connectivity index (χ3n) is 4.12. The van der Waals surface area contributed by atoms with Crippen molar-refractivity contribution in [1.82, 2.24) is 14.9 Å². The molecule has 0 amide bonds. The highest BCUT2D eigenvalue weighted by Gasteiger charge is 2.50. The average Bonchev–Trinajstić information content (AvgIpc) is 2.58. The van der Waals surface area contributed by atoms with E-state index in [1.54, 1.807) is 0 Å². The lowest BCUT2D eigenvalue weighted by Crippen LogP contribution is -2.45. The fourth-order valence-electron chi connectivity index (χ4n) is 2.64. The second-order valence-electron chi connectivity index (χ2n) is 6.71. The van der Waals surface area contributed by atoms with Gasteiger partial charge in [-0.2, -0.15) is 17.5 Å². The van der Waals surface area contributed by atoms with Crippen LogP contribution in [0.5, 0.6) is 0 Å². The number of hydrogen-bond acceptors (Lipinski definition) is 4. The molecule has 0 aromatic rings. The lowest BCUT2D eigenvalue weighted by molar-refractivity contribution is -0.0496. The van der Waals surface area contributed by atoms with Gasteiger partial charge in [-0.05, 0) is 46.0 Å². The maximum absolute atomic E-state index is 12.6. The van der Waals surface area contributed by atoms with Crippen molar-refractivity contribution in [3.63, 3.8) is 0 Å². The summed E-state index contributed by atoms with van der Waals surface area (Å²) < 4.78 is 66.6. The van der Waals surface area contributed by atoms with Crippen molar-refractivity contribution < 1.29 is 26.3 Å². The summed E-state index contributed by atoms with van der Waals surface area (Å²) in [5.41, 5.74) is -5.24. The Hall–Kier alpha value is -1.07. The maximum Gasteiger partial charge on any atom is 0.511 e. The predicted octanol–water partition coefficient (Wildman–Crippen LogP) is 1.92. The van der Waals surface area contributed by atoms with Crippen molar-refractivity contribution >= 4 is 16.0 Å². The molecule has 1 saturated heterocycles. The van der Waals surface area contributed by atoms with Gasteiger partial charge in [-0.1, -0.05) is 0 Å². The van der Waals surface area contributed by atoms with Crippen LogP contribution in [0.3, 0.4) is 0 Å². The van der Waals surface area contributed by atoms with Crippen molar-refractivity contribution in [1.29, 1.82) is 0 Å². The van der Waals surface area contributed by atoms with E-state index in [0.29, 0.717) is 49.3 Å². The van der Waals surface area contributed by atoms with E-state index in [2.05, 4.69) is 15.6 Å². The molecule has 11 heteroatoms. The molecule has 0 spiro atoms. The van der Waals surface area contributed by atoms with E-state index in [-0.39, 0.29) is 25.1 Å². The normalized spacial score (nSPS) is 18.1. The zero-order valence-electron chi connectivity index (χ0n) is 16.2. The highest BCUT2D eigenvalue weighted by atomic mass is 32.2. The largest absolute Gasteiger partial charge is 0.511 e. The molecule has 0 aromatic carbocycles. The minimum Gasteiger partial charge on any atom is -0.379 e. The number of alkyl halides is 3. The molecule has 7 nitrogen and oxygen atoms in total. The third kappa shape index (κ3) is 8.22. The van der Waals surface area contributed by atoms with E-state index in [1.165, 1.54) is 0 Å². The maximum atomic E-state index is 12.6. The van der Waals surface area contributed by atoms with Crippen LogP contribution >= 0.6 is 0 Å². The molecule has 1 aliphatic rings. The first kappa shape index (κ1) is 24.0. The molecule has 1 aliphatic heterocycles. The number of halogens is 3. The highest BCUT2D eigenvalue weighted by molar-refractivity contribution is 7.90. The third-order valence-corrected chi connectivity index (χ3v) is 5.75. The first-order valence-corrected chi connectivity index (χ1v) is 10.7. The van der Waals surface area contributed by atoms with Crippen LogP contribution in [0.25, 0.3) is 0 Å². The number of nitrogens with zero attached hydrogens (tertiary/aromatic N) is 2. The molecule has 0 radical (unpaired) electrons. The van der Waals surface area contributed by atoms with E-state index in [0.717, 1.165) is 6.42 Å². The van der Waals surface area contributed by atoms with E-state index >= 15 is 0 Å². The summed E-state index contributed by atoms with van der Waals surface area (Å²) in [7, 11) is -5.23. The Kier molecular flexibility index (Phi) is 9.82. The van der Waals surface area contributed by atoms with Gasteiger partial charge < -0.3 is 15.4 Å². The summed E-state index contributed by atoms with van der Waals surface area (Å²) in [6.07, 6.45) is 1.75. The van der Waals surface area contributed by atoms with Gasteiger partial charge >= 0.3 is 15.5 Å². The summed E-state index contributed by atoms with van der Waals surface area (Å²) in [4.78, 5) is 4.47. The van der Waals surface area contributed by atoms with Crippen LogP contribution in [0.15, 0.2) is 4.99 Å². The zero-order chi connectivity index (χ0) is 20.5. The number of ether oxygens (including phenoxy) is 1. The van der Waals surface area contributed by atoms with Gasteiger partial charge in [-0.15, -0.1) is 0 Å². The van der Waals surface area contributed by atoms with Crippen LogP contribution in [-0.2, 0) is 14.8 Å². The molecular weight excluding hydrogens is 385 g/mol. The number of hydrogen-bond donors (Lipinski definition) is 2. The topological polar surface area (TPSA) is 83.0 Å². The van der Waals surface area contributed by atoms with E-state index in [9.17, 15) is 21.6 Å². The molecule has 2 N–H and O–H groups in total. The van der Waals surface area contributed by atoms with Crippen LogP contribution in [0, 0.1) is 5.92 Å². The summed E-state index contributed by atoms with van der Waals surface area (Å²) in [5, 5.41) is 6.31. The summed E-state index contributed by atoms with van der Waals surface area (Å²) in [5.74, 6) is 0.705. The molecule has 0 aliphatic carbocycles. The Balaban J connectivity index is 2.43. The Labute approximate surface area is 159 Å². The smallest absolute Gasteiger partial charge is 0.379 e. The quantitative estimate of drug-likeness (QED) is 0.341. The molecule has 1 heterocycles. The van der Waals surface area contributed by atoms with Crippen LogP contribution < -0.4 is 10.6 Å². The van der Waals surface area contributed by atoms with Crippen molar-refractivity contribution in [2.75, 3.05) is 39.3 Å². The minimum atomic E-state index is -5.24. The van der Waals surface area contributed by atoms with Gasteiger partial charge in [0.1, 0.15) is 0 Å². The van der Waals surface area contributed by atoms with Gasteiger partial charge in [0.2, 0.25) is 0 Å². The Morgan fingerprint density at radius 3 is 2.41 bits per heavy atom.